The van der Waals surface area contributed by atoms with Crippen molar-refractivity contribution in [2.75, 3.05) is 12.4 Å². The minimum absolute atomic E-state index is 0.314. The first-order valence-electron chi connectivity index (χ1n) is 7.83. The second kappa shape index (κ2) is 8.16. The number of anilines is 1. The maximum Gasteiger partial charge on any atom is 0.246 e. The van der Waals surface area contributed by atoms with E-state index < -0.39 is 0 Å². The molecule has 2 aromatic carbocycles. The number of nitrogens with one attached hydrogen (secondary N) is 2. The highest BCUT2D eigenvalue weighted by Crippen LogP contribution is 2.27. The molecule has 0 atom stereocenters. The van der Waals surface area contributed by atoms with Gasteiger partial charge >= 0.3 is 0 Å². The fraction of sp³-hybridized carbons (Fsp3) is 0.167. The Kier molecular flexibility index (Phi) is 5.70. The van der Waals surface area contributed by atoms with Crippen molar-refractivity contribution >= 4 is 34.6 Å². The highest BCUT2D eigenvalue weighted by Gasteiger charge is 2.09. The van der Waals surface area contributed by atoms with E-state index in [1.54, 1.807) is 19.2 Å². The molecule has 26 heavy (non-hydrogen) atoms. The third-order valence-corrected chi connectivity index (χ3v) is 4.10. The van der Waals surface area contributed by atoms with Crippen LogP contribution in [0, 0.1) is 6.92 Å². The number of ether oxygens (including phenoxy) is 1. The predicted molar refractivity (Wildman–Crippen MR) is 106 cm³/mol. The Bertz CT molecular complexity index is 929. The SMILES string of the molecule is COc1ccc(NC(=S)NCc2nc(-c3cccc(C)c3)no2)cc1Cl. The predicted octanol–water partition coefficient (Wildman–Crippen LogP) is 4.19. The number of rotatable bonds is 5. The molecule has 0 saturated heterocycles. The molecule has 0 aliphatic rings. The number of aromatic nitrogens is 2. The molecule has 3 aromatic rings. The minimum atomic E-state index is 0.314. The second-order valence-corrected chi connectivity index (χ2v) is 6.35. The molecule has 0 amide bonds. The van der Waals surface area contributed by atoms with E-state index in [0.29, 0.717) is 34.1 Å². The van der Waals surface area contributed by atoms with Gasteiger partial charge in [0.2, 0.25) is 11.7 Å². The van der Waals surface area contributed by atoms with Crippen LogP contribution in [-0.2, 0) is 6.54 Å². The van der Waals surface area contributed by atoms with Crippen LogP contribution in [0.1, 0.15) is 11.5 Å². The minimum Gasteiger partial charge on any atom is -0.495 e. The number of methoxy groups -OCH3 is 1. The lowest BCUT2D eigenvalue weighted by molar-refractivity contribution is 0.376. The van der Waals surface area contributed by atoms with Gasteiger partial charge in [0.25, 0.3) is 0 Å². The topological polar surface area (TPSA) is 72.2 Å². The summed E-state index contributed by atoms with van der Waals surface area (Å²) in [5.74, 6) is 1.59. The summed E-state index contributed by atoms with van der Waals surface area (Å²) in [7, 11) is 1.57. The zero-order chi connectivity index (χ0) is 18.5. The largest absolute Gasteiger partial charge is 0.495 e. The number of nitrogens with zero attached hydrogens (tertiary/aromatic N) is 2. The van der Waals surface area contributed by atoms with Crippen LogP contribution in [-0.4, -0.2) is 22.4 Å². The van der Waals surface area contributed by atoms with Crippen molar-refractivity contribution < 1.29 is 9.26 Å². The summed E-state index contributed by atoms with van der Waals surface area (Å²) < 4.78 is 10.4. The number of halogens is 1. The lowest BCUT2D eigenvalue weighted by Gasteiger charge is -2.10. The molecule has 2 N–H and O–H groups in total. The van der Waals surface area contributed by atoms with E-state index >= 15 is 0 Å². The highest BCUT2D eigenvalue weighted by atomic mass is 35.5. The Morgan fingerprint density at radius 3 is 2.85 bits per heavy atom. The van der Waals surface area contributed by atoms with Crippen molar-refractivity contribution in [1.29, 1.82) is 0 Å². The fourth-order valence-electron chi connectivity index (χ4n) is 2.30. The van der Waals surface area contributed by atoms with E-state index in [1.165, 1.54) is 0 Å². The lowest BCUT2D eigenvalue weighted by Crippen LogP contribution is -2.28. The van der Waals surface area contributed by atoms with Gasteiger partial charge in [-0.2, -0.15) is 4.98 Å². The molecular weight excluding hydrogens is 372 g/mol. The van der Waals surface area contributed by atoms with Gasteiger partial charge in [0, 0.05) is 11.3 Å². The van der Waals surface area contributed by atoms with Crippen LogP contribution in [0.4, 0.5) is 5.69 Å². The molecule has 1 heterocycles. The summed E-state index contributed by atoms with van der Waals surface area (Å²) >= 11 is 11.4. The van der Waals surface area contributed by atoms with Crippen LogP contribution >= 0.6 is 23.8 Å². The first-order chi connectivity index (χ1) is 12.5. The Labute approximate surface area is 161 Å². The van der Waals surface area contributed by atoms with Crippen LogP contribution in [0.2, 0.25) is 5.02 Å². The van der Waals surface area contributed by atoms with Crippen molar-refractivity contribution in [3.05, 3.63) is 58.9 Å². The van der Waals surface area contributed by atoms with Gasteiger partial charge in [-0.3, -0.25) is 0 Å². The molecule has 0 fully saturated rings. The standard InChI is InChI=1S/C18H17ClN4O2S/c1-11-4-3-5-12(8-11)17-22-16(25-23-17)10-20-18(26)21-13-6-7-15(24-2)14(19)9-13/h3-9H,10H2,1-2H3,(H2,20,21,26). The number of hydrogen-bond acceptors (Lipinski definition) is 5. The molecule has 134 valence electrons. The molecule has 6 nitrogen and oxygen atoms in total. The summed E-state index contributed by atoms with van der Waals surface area (Å²) in [5.41, 5.74) is 2.79. The molecule has 0 radical (unpaired) electrons. The Hall–Kier alpha value is -2.64. The van der Waals surface area contributed by atoms with Gasteiger partial charge in [-0.15, -0.1) is 0 Å². The molecule has 0 unspecified atom stereocenters. The van der Waals surface area contributed by atoms with E-state index in [-0.39, 0.29) is 0 Å². The Morgan fingerprint density at radius 2 is 2.12 bits per heavy atom. The van der Waals surface area contributed by atoms with Crippen LogP contribution < -0.4 is 15.4 Å². The monoisotopic (exact) mass is 388 g/mol. The van der Waals surface area contributed by atoms with Gasteiger partial charge in [0.1, 0.15) is 5.75 Å². The molecule has 3 rings (SSSR count). The molecule has 0 bridgehead atoms. The zero-order valence-corrected chi connectivity index (χ0v) is 15.8. The van der Waals surface area contributed by atoms with Gasteiger partial charge < -0.3 is 19.9 Å². The average molecular weight is 389 g/mol. The molecule has 0 spiro atoms. The van der Waals surface area contributed by atoms with E-state index in [4.69, 9.17) is 33.1 Å². The van der Waals surface area contributed by atoms with Crippen molar-refractivity contribution in [3.63, 3.8) is 0 Å². The van der Waals surface area contributed by atoms with Gasteiger partial charge in [0.05, 0.1) is 18.7 Å². The Balaban J connectivity index is 1.57. The zero-order valence-electron chi connectivity index (χ0n) is 14.2. The second-order valence-electron chi connectivity index (χ2n) is 5.54. The first kappa shape index (κ1) is 18.2. The molecule has 8 heteroatoms. The van der Waals surface area contributed by atoms with Crippen molar-refractivity contribution in [1.82, 2.24) is 15.5 Å². The number of benzene rings is 2. The fourth-order valence-corrected chi connectivity index (χ4v) is 2.75. The highest BCUT2D eigenvalue weighted by molar-refractivity contribution is 7.80. The first-order valence-corrected chi connectivity index (χ1v) is 8.62. The number of thiocarbonyl (C=S) groups is 1. The van der Waals surface area contributed by atoms with E-state index in [9.17, 15) is 0 Å². The van der Waals surface area contributed by atoms with Crippen LogP contribution in [0.3, 0.4) is 0 Å². The number of aryl methyl sites for hydroxylation is 1. The van der Waals surface area contributed by atoms with Gasteiger partial charge in [-0.25, -0.2) is 0 Å². The van der Waals surface area contributed by atoms with E-state index in [1.807, 2.05) is 37.3 Å². The molecular formula is C18H17ClN4O2S. The van der Waals surface area contributed by atoms with Crippen LogP contribution in [0.15, 0.2) is 47.0 Å². The normalized spacial score (nSPS) is 10.4. The Morgan fingerprint density at radius 1 is 1.27 bits per heavy atom. The number of hydrogen-bond donors (Lipinski definition) is 2. The summed E-state index contributed by atoms with van der Waals surface area (Å²) in [4.78, 5) is 4.37. The summed E-state index contributed by atoms with van der Waals surface area (Å²) in [5, 5.41) is 11.0. The van der Waals surface area contributed by atoms with Crippen LogP contribution in [0.25, 0.3) is 11.4 Å². The van der Waals surface area contributed by atoms with Gasteiger partial charge in [-0.05, 0) is 43.4 Å². The summed E-state index contributed by atoms with van der Waals surface area (Å²) in [6.07, 6.45) is 0. The van der Waals surface area contributed by atoms with E-state index in [2.05, 4.69) is 20.8 Å². The quantitative estimate of drug-likeness (QED) is 0.635. The molecule has 0 aliphatic carbocycles. The van der Waals surface area contributed by atoms with Crippen molar-refractivity contribution in [2.24, 2.45) is 0 Å². The van der Waals surface area contributed by atoms with E-state index in [0.717, 1.165) is 16.8 Å². The molecule has 0 aliphatic heterocycles. The van der Waals surface area contributed by atoms with Gasteiger partial charge in [-0.1, -0.05) is 40.5 Å². The summed E-state index contributed by atoms with van der Waals surface area (Å²) in [6, 6.07) is 13.2. The lowest BCUT2D eigenvalue weighted by atomic mass is 10.1. The van der Waals surface area contributed by atoms with Crippen molar-refractivity contribution in [3.8, 4) is 17.1 Å². The molecule has 1 aromatic heterocycles. The smallest absolute Gasteiger partial charge is 0.246 e. The van der Waals surface area contributed by atoms with Crippen LogP contribution in [0.5, 0.6) is 5.75 Å². The molecule has 0 saturated carbocycles. The maximum atomic E-state index is 6.10. The third-order valence-electron chi connectivity index (χ3n) is 3.55. The average Bonchev–Trinajstić information content (AvgIpc) is 3.09. The summed E-state index contributed by atoms with van der Waals surface area (Å²) in [6.45, 7) is 2.33. The third kappa shape index (κ3) is 4.50. The van der Waals surface area contributed by atoms with Gasteiger partial charge in [0.15, 0.2) is 5.11 Å². The maximum absolute atomic E-state index is 6.10. The van der Waals surface area contributed by atoms with Crippen molar-refractivity contribution in [2.45, 2.75) is 13.5 Å².